The summed E-state index contributed by atoms with van der Waals surface area (Å²) in [7, 11) is 0. The number of hydrazine groups is 2. The quantitative estimate of drug-likeness (QED) is 0.183. The fourth-order valence-electron chi connectivity index (χ4n) is 2.49. The predicted octanol–water partition coefficient (Wildman–Crippen LogP) is 2.97. The zero-order valence-electron chi connectivity index (χ0n) is 16.9. The van der Waals surface area contributed by atoms with Crippen LogP contribution in [0.2, 0.25) is 0 Å². The van der Waals surface area contributed by atoms with Crippen LogP contribution in [0.4, 0.5) is 11.4 Å². The highest BCUT2D eigenvalue weighted by Gasteiger charge is 2.07. The van der Waals surface area contributed by atoms with E-state index in [0.717, 1.165) is 17.8 Å². The fraction of sp³-hybridized carbons (Fsp3) is 0.238. The summed E-state index contributed by atoms with van der Waals surface area (Å²) in [5.41, 5.74) is 13.0. The van der Waals surface area contributed by atoms with Gasteiger partial charge in [0.25, 0.3) is 0 Å². The highest BCUT2D eigenvalue weighted by atomic mass is 32.1. The summed E-state index contributed by atoms with van der Waals surface area (Å²) in [5, 5.41) is 5.64. The molecule has 0 saturated heterocycles. The van der Waals surface area contributed by atoms with Gasteiger partial charge >= 0.3 is 0 Å². The maximum atomic E-state index is 11.9. The first-order valence-electron chi connectivity index (χ1n) is 9.84. The Hall–Kier alpha value is -3.24. The van der Waals surface area contributed by atoms with Crippen molar-refractivity contribution in [2.75, 3.05) is 10.9 Å². The molecule has 0 radical (unpaired) electrons. The van der Waals surface area contributed by atoms with Gasteiger partial charge in [0.15, 0.2) is 10.2 Å². The van der Waals surface area contributed by atoms with Gasteiger partial charge in [-0.2, -0.15) is 0 Å². The van der Waals surface area contributed by atoms with Crippen LogP contribution in [0.1, 0.15) is 32.1 Å². The molecule has 0 aromatic heterocycles. The van der Waals surface area contributed by atoms with Crippen molar-refractivity contribution in [1.29, 1.82) is 0 Å². The first-order chi connectivity index (χ1) is 15.0. The number of amides is 2. The molecule has 0 aliphatic carbocycles. The lowest BCUT2D eigenvalue weighted by Gasteiger charge is -2.12. The largest absolute Gasteiger partial charge is 0.302 e. The summed E-state index contributed by atoms with van der Waals surface area (Å²) in [5.74, 6) is -0.344. The third-order valence-electron chi connectivity index (χ3n) is 4.00. The number of hydrogen-bond donors (Lipinski definition) is 6. The molecule has 0 atom stereocenters. The number of para-hydroxylation sites is 2. The zero-order chi connectivity index (χ0) is 22.3. The van der Waals surface area contributed by atoms with Gasteiger partial charge in [0.05, 0.1) is 11.4 Å². The van der Waals surface area contributed by atoms with Gasteiger partial charge < -0.3 is 10.6 Å². The van der Waals surface area contributed by atoms with E-state index in [-0.39, 0.29) is 22.0 Å². The summed E-state index contributed by atoms with van der Waals surface area (Å²) >= 11 is 10.2. The molecule has 0 unspecified atom stereocenters. The number of hydrogen-bond acceptors (Lipinski definition) is 6. The van der Waals surface area contributed by atoms with Crippen molar-refractivity contribution < 1.29 is 9.59 Å². The first-order valence-corrected chi connectivity index (χ1v) is 10.7. The molecule has 2 rings (SSSR count). The topological polar surface area (TPSA) is 106 Å². The second kappa shape index (κ2) is 13.9. The molecule has 0 fully saturated rings. The minimum Gasteiger partial charge on any atom is -0.302 e. The van der Waals surface area contributed by atoms with Crippen LogP contribution in [0.3, 0.4) is 0 Å². The van der Waals surface area contributed by atoms with Crippen LogP contribution in [-0.2, 0) is 9.59 Å². The maximum absolute atomic E-state index is 11.9. The smallest absolute Gasteiger partial charge is 0.226 e. The Kier molecular flexibility index (Phi) is 10.8. The normalized spacial score (nSPS) is 9.81. The van der Waals surface area contributed by atoms with Gasteiger partial charge in [0, 0.05) is 12.8 Å². The van der Waals surface area contributed by atoms with Crippen molar-refractivity contribution >= 4 is 57.8 Å². The van der Waals surface area contributed by atoms with Gasteiger partial charge in [-0.3, -0.25) is 31.3 Å². The maximum Gasteiger partial charge on any atom is 0.226 e. The summed E-state index contributed by atoms with van der Waals surface area (Å²) in [6, 6.07) is 18.8. The van der Waals surface area contributed by atoms with Crippen LogP contribution in [0, 0.1) is 0 Å². The van der Waals surface area contributed by atoms with Crippen LogP contribution in [0.5, 0.6) is 0 Å². The number of rotatable bonds is 10. The van der Waals surface area contributed by atoms with E-state index < -0.39 is 0 Å². The Balaban J connectivity index is 1.48. The van der Waals surface area contributed by atoms with E-state index in [9.17, 15) is 9.59 Å². The van der Waals surface area contributed by atoms with Crippen molar-refractivity contribution in [1.82, 2.24) is 21.5 Å². The lowest BCUT2D eigenvalue weighted by Crippen LogP contribution is -2.42. The Labute approximate surface area is 192 Å². The first kappa shape index (κ1) is 24.0. The summed E-state index contributed by atoms with van der Waals surface area (Å²) in [4.78, 5) is 23.8. The molecule has 0 spiro atoms. The van der Waals surface area contributed by atoms with Crippen LogP contribution < -0.4 is 32.3 Å². The molecule has 31 heavy (non-hydrogen) atoms. The number of carbonyl (C=O) groups is 2. The molecule has 8 nitrogen and oxygen atoms in total. The van der Waals surface area contributed by atoms with Crippen LogP contribution >= 0.6 is 24.4 Å². The zero-order valence-corrected chi connectivity index (χ0v) is 18.6. The Morgan fingerprint density at radius 1 is 0.613 bits per heavy atom. The molecule has 2 aromatic carbocycles. The Morgan fingerprint density at radius 3 is 1.39 bits per heavy atom. The monoisotopic (exact) mass is 458 g/mol. The summed E-state index contributed by atoms with van der Waals surface area (Å²) < 4.78 is 0. The van der Waals surface area contributed by atoms with Gasteiger partial charge in [-0.25, -0.2) is 0 Å². The van der Waals surface area contributed by atoms with Gasteiger partial charge in [-0.1, -0.05) is 42.8 Å². The van der Waals surface area contributed by atoms with Crippen LogP contribution in [0.15, 0.2) is 60.7 Å². The van der Waals surface area contributed by atoms with E-state index in [1.165, 1.54) is 0 Å². The molecule has 0 saturated carbocycles. The van der Waals surface area contributed by atoms with E-state index in [1.54, 1.807) is 0 Å². The molecule has 0 aliphatic rings. The number of carbonyl (C=O) groups excluding carboxylic acids is 2. The van der Waals surface area contributed by atoms with Gasteiger partial charge in [0.1, 0.15) is 0 Å². The molecule has 164 valence electrons. The summed E-state index contributed by atoms with van der Waals surface area (Å²) in [6.07, 6.45) is 2.72. The minimum absolute atomic E-state index is 0.172. The predicted molar refractivity (Wildman–Crippen MR) is 131 cm³/mol. The fourth-order valence-corrected chi connectivity index (χ4v) is 2.82. The Bertz CT molecular complexity index is 793. The molecule has 2 aromatic rings. The highest BCUT2D eigenvalue weighted by Crippen LogP contribution is 2.05. The number of unbranched alkanes of at least 4 members (excludes halogenated alkanes) is 2. The molecular formula is C21H26N6O2S2. The minimum atomic E-state index is -0.172. The third kappa shape index (κ3) is 10.9. The second-order valence-corrected chi connectivity index (χ2v) is 7.36. The van der Waals surface area contributed by atoms with Gasteiger partial charge in [0.2, 0.25) is 11.8 Å². The highest BCUT2D eigenvalue weighted by molar-refractivity contribution is 7.80. The lowest BCUT2D eigenvalue weighted by atomic mass is 10.1. The SMILES string of the molecule is O=C(CCCCCC(=O)NC(=S)NNc1ccccc1)NC(=S)NNc1ccccc1. The number of thiocarbonyl (C=S) groups is 2. The summed E-state index contributed by atoms with van der Waals surface area (Å²) in [6.45, 7) is 0. The molecule has 6 N–H and O–H groups in total. The average Bonchev–Trinajstić information content (AvgIpc) is 2.77. The van der Waals surface area contributed by atoms with Crippen molar-refractivity contribution in [3.63, 3.8) is 0 Å². The van der Waals surface area contributed by atoms with Crippen molar-refractivity contribution in [3.05, 3.63) is 60.7 Å². The molecule has 0 aliphatic heterocycles. The molecule has 0 bridgehead atoms. The average molecular weight is 459 g/mol. The molecule has 0 heterocycles. The van der Waals surface area contributed by atoms with Crippen LogP contribution in [-0.4, -0.2) is 22.0 Å². The number of nitrogens with one attached hydrogen (secondary N) is 6. The molecular weight excluding hydrogens is 432 g/mol. The van der Waals surface area contributed by atoms with Crippen molar-refractivity contribution in [2.24, 2.45) is 0 Å². The lowest BCUT2D eigenvalue weighted by molar-refractivity contribution is -0.120. The van der Waals surface area contributed by atoms with E-state index >= 15 is 0 Å². The van der Waals surface area contributed by atoms with E-state index in [0.29, 0.717) is 25.7 Å². The molecule has 10 heteroatoms. The van der Waals surface area contributed by atoms with E-state index in [2.05, 4.69) is 32.3 Å². The van der Waals surface area contributed by atoms with Crippen molar-refractivity contribution in [3.8, 4) is 0 Å². The van der Waals surface area contributed by atoms with Crippen molar-refractivity contribution in [2.45, 2.75) is 32.1 Å². The third-order valence-corrected chi connectivity index (χ3v) is 4.41. The molecule has 2 amide bonds. The number of benzene rings is 2. The van der Waals surface area contributed by atoms with E-state index in [1.807, 2.05) is 60.7 Å². The van der Waals surface area contributed by atoms with Crippen LogP contribution in [0.25, 0.3) is 0 Å². The van der Waals surface area contributed by atoms with Gasteiger partial charge in [-0.15, -0.1) is 0 Å². The van der Waals surface area contributed by atoms with E-state index in [4.69, 9.17) is 24.4 Å². The Morgan fingerprint density at radius 2 is 1.00 bits per heavy atom. The standard InChI is InChI=1S/C21H26N6O2S2/c28-18(22-20(30)26-24-16-10-4-1-5-11-16)14-8-3-9-15-19(29)23-21(31)27-25-17-12-6-2-7-13-17/h1-2,4-7,10-13,24-25H,3,8-9,14-15H2,(H2,22,26,28,30)(H2,23,27,29,31). The second-order valence-electron chi connectivity index (χ2n) is 6.55. The van der Waals surface area contributed by atoms with Gasteiger partial charge in [-0.05, 0) is 61.5 Å². The number of anilines is 2.